The third kappa shape index (κ3) is 2.55. The molecule has 0 radical (unpaired) electrons. The highest BCUT2D eigenvalue weighted by Gasteiger charge is 2.27. The summed E-state index contributed by atoms with van der Waals surface area (Å²) in [7, 11) is 0. The van der Waals surface area contributed by atoms with E-state index in [4.69, 9.17) is 0 Å². The van der Waals surface area contributed by atoms with Gasteiger partial charge >= 0.3 is 0 Å². The average molecular weight is 272 g/mol. The molecule has 2 amide bonds. The maximum absolute atomic E-state index is 12.5. The summed E-state index contributed by atoms with van der Waals surface area (Å²) in [5.74, 6) is 0.175. The second kappa shape index (κ2) is 5.65. The molecule has 0 aliphatic carbocycles. The maximum atomic E-state index is 12.5. The number of hydrogen-bond donors (Lipinski definition) is 0. The first kappa shape index (κ1) is 13.2. The number of amides is 2. The van der Waals surface area contributed by atoms with E-state index in [-0.39, 0.29) is 18.4 Å². The normalized spacial score (nSPS) is 18.9. The van der Waals surface area contributed by atoms with Gasteiger partial charge < -0.3 is 9.80 Å². The summed E-state index contributed by atoms with van der Waals surface area (Å²) >= 11 is 0. The molecule has 2 aliphatic heterocycles. The Kier molecular flexibility index (Phi) is 3.72. The molecule has 1 saturated heterocycles. The highest BCUT2D eigenvalue weighted by Crippen LogP contribution is 2.27. The second-order valence-electron chi connectivity index (χ2n) is 5.55. The van der Waals surface area contributed by atoms with E-state index in [0.717, 1.165) is 44.5 Å². The van der Waals surface area contributed by atoms with Gasteiger partial charge in [0.15, 0.2) is 0 Å². The monoisotopic (exact) mass is 272 g/mol. The van der Waals surface area contributed by atoms with Crippen LogP contribution < -0.4 is 4.90 Å². The van der Waals surface area contributed by atoms with E-state index < -0.39 is 0 Å². The fraction of sp³-hybridized carbons (Fsp3) is 0.500. The van der Waals surface area contributed by atoms with Gasteiger partial charge in [0.1, 0.15) is 6.54 Å². The van der Waals surface area contributed by atoms with Gasteiger partial charge in [0.25, 0.3) is 0 Å². The van der Waals surface area contributed by atoms with E-state index in [1.165, 1.54) is 5.56 Å². The van der Waals surface area contributed by atoms with Gasteiger partial charge in [0, 0.05) is 25.2 Å². The molecule has 3 rings (SSSR count). The first-order chi connectivity index (χ1) is 9.75. The molecule has 0 N–H and O–H groups in total. The smallest absolute Gasteiger partial charge is 0.246 e. The minimum atomic E-state index is 0.0465. The lowest BCUT2D eigenvalue weighted by Crippen LogP contribution is -2.42. The Hall–Kier alpha value is -1.84. The molecule has 1 aromatic rings. The maximum Gasteiger partial charge on any atom is 0.246 e. The van der Waals surface area contributed by atoms with Crippen molar-refractivity contribution < 1.29 is 9.59 Å². The molecule has 1 fully saturated rings. The molecule has 2 heterocycles. The molecule has 0 bridgehead atoms. The fourth-order valence-electron chi connectivity index (χ4n) is 3.05. The summed E-state index contributed by atoms with van der Waals surface area (Å²) < 4.78 is 0. The standard InChI is InChI=1S/C16H20N2O2/c19-15-8-2-1-5-10-17(15)12-16(20)18-11-9-13-6-3-4-7-14(13)18/h3-4,6-7H,1-2,5,8-12H2. The number of rotatable bonds is 2. The van der Waals surface area contributed by atoms with E-state index >= 15 is 0 Å². The van der Waals surface area contributed by atoms with Crippen LogP contribution in [-0.4, -0.2) is 36.3 Å². The quantitative estimate of drug-likeness (QED) is 0.826. The molecule has 106 valence electrons. The van der Waals surface area contributed by atoms with Crippen molar-refractivity contribution >= 4 is 17.5 Å². The Morgan fingerprint density at radius 1 is 1.05 bits per heavy atom. The van der Waals surface area contributed by atoms with Crippen LogP contribution in [0.15, 0.2) is 24.3 Å². The van der Waals surface area contributed by atoms with Crippen LogP contribution in [0, 0.1) is 0 Å². The highest BCUT2D eigenvalue weighted by atomic mass is 16.2. The number of anilines is 1. The molecule has 0 aromatic heterocycles. The zero-order valence-electron chi connectivity index (χ0n) is 11.7. The summed E-state index contributed by atoms with van der Waals surface area (Å²) in [6.07, 6.45) is 4.55. The summed E-state index contributed by atoms with van der Waals surface area (Å²) in [5, 5.41) is 0. The van der Waals surface area contributed by atoms with Gasteiger partial charge in [-0.25, -0.2) is 0 Å². The Morgan fingerprint density at radius 3 is 2.80 bits per heavy atom. The van der Waals surface area contributed by atoms with E-state index in [1.54, 1.807) is 4.90 Å². The van der Waals surface area contributed by atoms with Crippen LogP contribution >= 0.6 is 0 Å². The van der Waals surface area contributed by atoms with E-state index in [2.05, 4.69) is 6.07 Å². The van der Waals surface area contributed by atoms with Crippen molar-refractivity contribution in [3.63, 3.8) is 0 Å². The SMILES string of the molecule is O=C1CCCCCN1CC(=O)N1CCc2ccccc21. The lowest BCUT2D eigenvalue weighted by atomic mass is 10.2. The van der Waals surface area contributed by atoms with Crippen LogP contribution in [0.1, 0.15) is 31.2 Å². The fourth-order valence-corrected chi connectivity index (χ4v) is 3.05. The zero-order chi connectivity index (χ0) is 13.9. The number of likely N-dealkylation sites (tertiary alicyclic amines) is 1. The summed E-state index contributed by atoms with van der Waals surface area (Å²) in [4.78, 5) is 28.0. The molecule has 20 heavy (non-hydrogen) atoms. The van der Waals surface area contributed by atoms with Crippen LogP contribution in [0.5, 0.6) is 0 Å². The van der Waals surface area contributed by atoms with Crippen molar-refractivity contribution in [3.8, 4) is 0 Å². The van der Waals surface area contributed by atoms with Crippen LogP contribution in [0.25, 0.3) is 0 Å². The van der Waals surface area contributed by atoms with Gasteiger partial charge in [-0.15, -0.1) is 0 Å². The Morgan fingerprint density at radius 2 is 1.90 bits per heavy atom. The van der Waals surface area contributed by atoms with Crippen molar-refractivity contribution in [2.75, 3.05) is 24.5 Å². The lowest BCUT2D eigenvalue weighted by Gasteiger charge is -2.24. The third-order valence-electron chi connectivity index (χ3n) is 4.19. The second-order valence-corrected chi connectivity index (χ2v) is 5.55. The summed E-state index contributed by atoms with van der Waals surface area (Å²) in [6, 6.07) is 8.02. The zero-order valence-corrected chi connectivity index (χ0v) is 11.7. The van der Waals surface area contributed by atoms with Gasteiger partial charge in [-0.2, -0.15) is 0 Å². The molecule has 2 aliphatic rings. The van der Waals surface area contributed by atoms with Crippen LogP contribution in [-0.2, 0) is 16.0 Å². The van der Waals surface area contributed by atoms with E-state index in [9.17, 15) is 9.59 Å². The Labute approximate surface area is 119 Å². The Balaban J connectivity index is 1.69. The first-order valence-corrected chi connectivity index (χ1v) is 7.42. The number of hydrogen-bond acceptors (Lipinski definition) is 2. The van der Waals surface area contributed by atoms with Crippen molar-refractivity contribution in [2.45, 2.75) is 32.1 Å². The van der Waals surface area contributed by atoms with Gasteiger partial charge in [0.05, 0.1) is 0 Å². The number of nitrogens with zero attached hydrogens (tertiary/aromatic N) is 2. The predicted octanol–water partition coefficient (Wildman–Crippen LogP) is 1.98. The van der Waals surface area contributed by atoms with Crippen molar-refractivity contribution in [3.05, 3.63) is 29.8 Å². The number of carbonyl (C=O) groups is 2. The molecule has 1 aromatic carbocycles. The molecular formula is C16H20N2O2. The van der Waals surface area contributed by atoms with Gasteiger partial charge in [-0.05, 0) is 30.9 Å². The molecule has 0 saturated carbocycles. The molecule has 4 nitrogen and oxygen atoms in total. The van der Waals surface area contributed by atoms with Gasteiger partial charge in [-0.1, -0.05) is 24.6 Å². The Bertz CT molecular complexity index is 527. The molecular weight excluding hydrogens is 252 g/mol. The number of para-hydroxylation sites is 1. The van der Waals surface area contributed by atoms with Crippen molar-refractivity contribution in [1.29, 1.82) is 0 Å². The average Bonchev–Trinajstić information content (AvgIpc) is 2.79. The van der Waals surface area contributed by atoms with E-state index in [1.807, 2.05) is 23.1 Å². The predicted molar refractivity (Wildman–Crippen MR) is 77.5 cm³/mol. The number of fused-ring (bicyclic) bond motifs is 1. The van der Waals surface area contributed by atoms with Crippen LogP contribution in [0.3, 0.4) is 0 Å². The summed E-state index contributed by atoms with van der Waals surface area (Å²) in [5.41, 5.74) is 2.24. The summed E-state index contributed by atoms with van der Waals surface area (Å²) in [6.45, 7) is 1.69. The topological polar surface area (TPSA) is 40.6 Å². The minimum Gasteiger partial charge on any atom is -0.333 e. The highest BCUT2D eigenvalue weighted by molar-refractivity contribution is 5.98. The third-order valence-corrected chi connectivity index (χ3v) is 4.19. The van der Waals surface area contributed by atoms with Crippen molar-refractivity contribution in [1.82, 2.24) is 4.90 Å². The van der Waals surface area contributed by atoms with Crippen molar-refractivity contribution in [2.24, 2.45) is 0 Å². The first-order valence-electron chi connectivity index (χ1n) is 7.42. The minimum absolute atomic E-state index is 0.0465. The number of benzene rings is 1. The molecule has 0 unspecified atom stereocenters. The van der Waals surface area contributed by atoms with Gasteiger partial charge in [-0.3, -0.25) is 9.59 Å². The lowest BCUT2D eigenvalue weighted by molar-refractivity contribution is -0.134. The molecule has 0 spiro atoms. The van der Waals surface area contributed by atoms with Gasteiger partial charge in [0.2, 0.25) is 11.8 Å². The number of carbonyl (C=O) groups excluding carboxylic acids is 2. The van der Waals surface area contributed by atoms with Crippen LogP contribution in [0.2, 0.25) is 0 Å². The van der Waals surface area contributed by atoms with Crippen LogP contribution in [0.4, 0.5) is 5.69 Å². The van der Waals surface area contributed by atoms with E-state index in [0.29, 0.717) is 6.42 Å². The molecule has 0 atom stereocenters. The largest absolute Gasteiger partial charge is 0.333 e. The molecule has 4 heteroatoms.